The number of H-pyrrole nitrogens is 1. The van der Waals surface area contributed by atoms with Crippen molar-refractivity contribution in [2.45, 2.75) is 19.9 Å². The first-order valence-corrected chi connectivity index (χ1v) is 5.63. The Balaban J connectivity index is 2.17. The van der Waals surface area contributed by atoms with Crippen molar-refractivity contribution in [3.63, 3.8) is 0 Å². The van der Waals surface area contributed by atoms with Crippen molar-refractivity contribution < 1.29 is 4.42 Å². The summed E-state index contributed by atoms with van der Waals surface area (Å²) in [6, 6.07) is 1.82. The second kappa shape index (κ2) is 3.85. The zero-order chi connectivity index (χ0) is 11.8. The van der Waals surface area contributed by atoms with E-state index in [1.54, 1.807) is 6.26 Å². The second-order valence-corrected chi connectivity index (χ2v) is 4.16. The Bertz CT molecular complexity index is 612. The van der Waals surface area contributed by atoms with E-state index in [0.717, 1.165) is 35.5 Å². The molecule has 5 nitrogen and oxygen atoms in total. The van der Waals surface area contributed by atoms with Gasteiger partial charge >= 0.3 is 0 Å². The molecule has 17 heavy (non-hydrogen) atoms. The van der Waals surface area contributed by atoms with Gasteiger partial charge in [-0.25, -0.2) is 4.98 Å². The van der Waals surface area contributed by atoms with Crippen LogP contribution in [0.2, 0.25) is 0 Å². The summed E-state index contributed by atoms with van der Waals surface area (Å²) in [5, 5.41) is 3.22. The molecule has 5 heteroatoms. The normalized spacial score (nSPS) is 14.6. The summed E-state index contributed by atoms with van der Waals surface area (Å²) in [5.74, 6) is 1.35. The first-order valence-electron chi connectivity index (χ1n) is 5.63. The van der Waals surface area contributed by atoms with E-state index in [1.807, 2.05) is 13.0 Å². The largest absolute Gasteiger partial charge is 0.469 e. The molecule has 0 amide bonds. The number of hydrogen-bond donors (Lipinski definition) is 2. The molecule has 88 valence electrons. The number of fused-ring (bicyclic) bond motifs is 1. The molecule has 2 aromatic rings. The van der Waals surface area contributed by atoms with Crippen molar-refractivity contribution in [1.82, 2.24) is 15.3 Å². The fourth-order valence-corrected chi connectivity index (χ4v) is 2.13. The van der Waals surface area contributed by atoms with E-state index in [-0.39, 0.29) is 5.56 Å². The second-order valence-electron chi connectivity index (χ2n) is 4.16. The minimum Gasteiger partial charge on any atom is -0.469 e. The molecule has 1 aliphatic rings. The fourth-order valence-electron chi connectivity index (χ4n) is 2.13. The molecule has 0 radical (unpaired) electrons. The van der Waals surface area contributed by atoms with Crippen molar-refractivity contribution in [2.24, 2.45) is 0 Å². The van der Waals surface area contributed by atoms with Crippen LogP contribution < -0.4 is 10.9 Å². The molecule has 0 saturated heterocycles. The molecule has 0 aromatic carbocycles. The smallest absolute Gasteiger partial charge is 0.254 e. The molecule has 2 N–H and O–H groups in total. The first kappa shape index (κ1) is 10.3. The summed E-state index contributed by atoms with van der Waals surface area (Å²) in [7, 11) is 0. The van der Waals surface area contributed by atoms with Gasteiger partial charge in [0.05, 0.1) is 17.5 Å². The van der Waals surface area contributed by atoms with Crippen LogP contribution in [0.5, 0.6) is 0 Å². The Labute approximate surface area is 97.9 Å². The third-order valence-corrected chi connectivity index (χ3v) is 3.06. The predicted molar refractivity (Wildman–Crippen MR) is 62.7 cm³/mol. The summed E-state index contributed by atoms with van der Waals surface area (Å²) in [6.45, 7) is 3.35. The van der Waals surface area contributed by atoms with Crippen molar-refractivity contribution in [3.05, 3.63) is 39.7 Å². The van der Waals surface area contributed by atoms with Crippen LogP contribution >= 0.6 is 0 Å². The zero-order valence-corrected chi connectivity index (χ0v) is 9.54. The van der Waals surface area contributed by atoms with E-state index >= 15 is 0 Å². The number of aromatic nitrogens is 2. The molecule has 0 spiro atoms. The number of nitrogens with one attached hydrogen (secondary N) is 2. The molecule has 1 aliphatic heterocycles. The molecule has 0 bridgehead atoms. The van der Waals surface area contributed by atoms with Crippen molar-refractivity contribution >= 4 is 0 Å². The number of nitrogens with zero attached hydrogens (tertiary/aromatic N) is 1. The highest BCUT2D eigenvalue weighted by atomic mass is 16.3. The molecule has 2 aromatic heterocycles. The lowest BCUT2D eigenvalue weighted by Gasteiger charge is -2.15. The molecular weight excluding hydrogens is 218 g/mol. The number of aryl methyl sites for hydroxylation is 1. The molecule has 0 unspecified atom stereocenters. The average Bonchev–Trinajstić information content (AvgIpc) is 2.75. The standard InChI is InChI=1S/C12H13N3O2/c1-7-8(3-5-17-7)11-14-10-6-13-4-2-9(10)12(16)15-11/h3,5,13H,2,4,6H2,1H3,(H,14,15,16). The lowest BCUT2D eigenvalue weighted by atomic mass is 10.1. The highest BCUT2D eigenvalue weighted by Gasteiger charge is 2.16. The number of aromatic amines is 1. The van der Waals surface area contributed by atoms with Crippen LogP contribution in [0.1, 0.15) is 17.0 Å². The average molecular weight is 231 g/mol. The van der Waals surface area contributed by atoms with Gasteiger partial charge in [-0.3, -0.25) is 4.79 Å². The van der Waals surface area contributed by atoms with Crippen LogP contribution in [-0.4, -0.2) is 16.5 Å². The van der Waals surface area contributed by atoms with Gasteiger partial charge in [0.1, 0.15) is 11.6 Å². The maximum Gasteiger partial charge on any atom is 0.254 e. The Hall–Kier alpha value is -1.88. The molecule has 0 aliphatic carbocycles. The molecule has 0 fully saturated rings. The Kier molecular flexibility index (Phi) is 2.33. The predicted octanol–water partition coefficient (Wildman–Crippen LogP) is 0.984. The molecular formula is C12H13N3O2. The Morgan fingerprint density at radius 3 is 3.12 bits per heavy atom. The zero-order valence-electron chi connectivity index (χ0n) is 9.54. The number of rotatable bonds is 1. The summed E-state index contributed by atoms with van der Waals surface area (Å²) in [4.78, 5) is 19.3. The van der Waals surface area contributed by atoms with Crippen molar-refractivity contribution in [3.8, 4) is 11.4 Å². The highest BCUT2D eigenvalue weighted by molar-refractivity contribution is 5.57. The van der Waals surface area contributed by atoms with Gasteiger partial charge in [0.15, 0.2) is 0 Å². The monoisotopic (exact) mass is 231 g/mol. The van der Waals surface area contributed by atoms with Gasteiger partial charge in [0.25, 0.3) is 5.56 Å². The summed E-state index contributed by atoms with van der Waals surface area (Å²) in [5.41, 5.74) is 2.45. The van der Waals surface area contributed by atoms with Gasteiger partial charge in [-0.2, -0.15) is 0 Å². The van der Waals surface area contributed by atoms with Gasteiger partial charge in [-0.1, -0.05) is 0 Å². The van der Waals surface area contributed by atoms with E-state index in [0.29, 0.717) is 12.4 Å². The summed E-state index contributed by atoms with van der Waals surface area (Å²) < 4.78 is 5.23. The van der Waals surface area contributed by atoms with E-state index in [4.69, 9.17) is 4.42 Å². The van der Waals surface area contributed by atoms with Gasteiger partial charge in [0.2, 0.25) is 0 Å². The van der Waals surface area contributed by atoms with E-state index in [2.05, 4.69) is 15.3 Å². The highest BCUT2D eigenvalue weighted by Crippen LogP contribution is 2.20. The first-order chi connectivity index (χ1) is 8.25. The fraction of sp³-hybridized carbons (Fsp3) is 0.333. The molecule has 3 rings (SSSR count). The van der Waals surface area contributed by atoms with Crippen molar-refractivity contribution in [2.75, 3.05) is 6.54 Å². The molecule has 0 saturated carbocycles. The van der Waals surface area contributed by atoms with Crippen LogP contribution in [0.15, 0.2) is 21.5 Å². The SMILES string of the molecule is Cc1occc1-c1nc2c(c(=O)[nH]1)CCNC2. The van der Waals surface area contributed by atoms with Crippen LogP contribution in [-0.2, 0) is 13.0 Å². The number of hydrogen-bond acceptors (Lipinski definition) is 4. The number of furan rings is 1. The summed E-state index contributed by atoms with van der Waals surface area (Å²) in [6.07, 6.45) is 2.34. The lowest BCUT2D eigenvalue weighted by molar-refractivity contribution is 0.535. The third-order valence-electron chi connectivity index (χ3n) is 3.06. The van der Waals surface area contributed by atoms with E-state index in [1.165, 1.54) is 0 Å². The van der Waals surface area contributed by atoms with Crippen LogP contribution in [0.4, 0.5) is 0 Å². The molecule has 3 heterocycles. The van der Waals surface area contributed by atoms with Gasteiger partial charge < -0.3 is 14.7 Å². The van der Waals surface area contributed by atoms with Gasteiger partial charge in [-0.15, -0.1) is 0 Å². The minimum atomic E-state index is -0.0351. The quantitative estimate of drug-likeness (QED) is 0.767. The molecule has 0 atom stereocenters. The van der Waals surface area contributed by atoms with E-state index in [9.17, 15) is 4.79 Å². The van der Waals surface area contributed by atoms with Crippen molar-refractivity contribution in [1.29, 1.82) is 0 Å². The maximum atomic E-state index is 11.9. The third kappa shape index (κ3) is 1.68. The van der Waals surface area contributed by atoms with E-state index < -0.39 is 0 Å². The van der Waals surface area contributed by atoms with Crippen LogP contribution in [0, 0.1) is 6.92 Å². The lowest BCUT2D eigenvalue weighted by Crippen LogP contribution is -2.31. The maximum absolute atomic E-state index is 11.9. The topological polar surface area (TPSA) is 70.9 Å². The van der Waals surface area contributed by atoms with Gasteiger partial charge in [-0.05, 0) is 26.0 Å². The van der Waals surface area contributed by atoms with Gasteiger partial charge in [0, 0.05) is 12.1 Å². The summed E-state index contributed by atoms with van der Waals surface area (Å²) >= 11 is 0. The minimum absolute atomic E-state index is 0.0351. The Morgan fingerprint density at radius 2 is 2.35 bits per heavy atom. The Morgan fingerprint density at radius 1 is 1.47 bits per heavy atom. The van der Waals surface area contributed by atoms with Crippen LogP contribution in [0.3, 0.4) is 0 Å². The van der Waals surface area contributed by atoms with Crippen LogP contribution in [0.25, 0.3) is 11.4 Å².